The lowest BCUT2D eigenvalue weighted by Gasteiger charge is -2.31. The van der Waals surface area contributed by atoms with Crippen molar-refractivity contribution in [2.75, 3.05) is 13.1 Å². The van der Waals surface area contributed by atoms with Crippen LogP contribution in [-0.4, -0.2) is 44.8 Å². The first-order valence-electron chi connectivity index (χ1n) is 7.23. The minimum absolute atomic E-state index is 0.0174. The zero-order valence-corrected chi connectivity index (χ0v) is 12.2. The van der Waals surface area contributed by atoms with Gasteiger partial charge in [-0.15, -0.1) is 0 Å². The number of aromatic nitrogens is 2. The largest absolute Gasteiger partial charge is 0.481 e. The van der Waals surface area contributed by atoms with Crippen molar-refractivity contribution < 1.29 is 14.7 Å². The number of hydrogen-bond donors (Lipinski definition) is 1. The van der Waals surface area contributed by atoms with Crippen LogP contribution in [0.25, 0.3) is 6.08 Å². The maximum Gasteiger partial charge on any atom is 0.303 e. The number of amides is 1. The van der Waals surface area contributed by atoms with Gasteiger partial charge < -0.3 is 10.0 Å². The van der Waals surface area contributed by atoms with Crippen molar-refractivity contribution >= 4 is 18.0 Å². The standard InChI is InChI=1S/C15H21N3O3/c1-17-13(8-9-16-17)5-6-14(19)18-10-2-3-12(11-18)4-7-15(20)21/h5-6,8-9,12H,2-4,7,10-11H2,1H3,(H,20,21). The number of likely N-dealkylation sites (tertiary alicyclic amines) is 1. The first-order chi connectivity index (χ1) is 10.1. The third-order valence-corrected chi connectivity index (χ3v) is 3.85. The Morgan fingerprint density at radius 2 is 2.33 bits per heavy atom. The first-order valence-corrected chi connectivity index (χ1v) is 7.23. The molecule has 21 heavy (non-hydrogen) atoms. The van der Waals surface area contributed by atoms with E-state index in [1.54, 1.807) is 23.0 Å². The number of nitrogens with zero attached hydrogens (tertiary/aromatic N) is 3. The molecule has 0 saturated carbocycles. The molecule has 0 spiro atoms. The lowest BCUT2D eigenvalue weighted by atomic mass is 9.93. The van der Waals surface area contributed by atoms with Gasteiger partial charge in [0.25, 0.3) is 0 Å². The lowest BCUT2D eigenvalue weighted by Crippen LogP contribution is -2.39. The zero-order chi connectivity index (χ0) is 15.2. The molecule has 1 amide bonds. The molecule has 1 aromatic heterocycles. The Hall–Kier alpha value is -2.11. The van der Waals surface area contributed by atoms with Gasteiger partial charge in [-0.25, -0.2) is 0 Å². The lowest BCUT2D eigenvalue weighted by molar-refractivity contribution is -0.137. The summed E-state index contributed by atoms with van der Waals surface area (Å²) in [5, 5.41) is 12.8. The second-order valence-electron chi connectivity index (χ2n) is 5.44. The van der Waals surface area contributed by atoms with Crippen LogP contribution in [0.15, 0.2) is 18.3 Å². The Kier molecular flexibility index (Phi) is 5.14. The van der Waals surface area contributed by atoms with Crippen molar-refractivity contribution in [3.05, 3.63) is 24.0 Å². The van der Waals surface area contributed by atoms with E-state index in [0.717, 1.165) is 25.1 Å². The number of carboxylic acids is 1. The van der Waals surface area contributed by atoms with Crippen molar-refractivity contribution in [3.63, 3.8) is 0 Å². The van der Waals surface area contributed by atoms with E-state index in [4.69, 9.17) is 5.11 Å². The number of carbonyl (C=O) groups excluding carboxylic acids is 1. The molecule has 1 atom stereocenters. The number of aliphatic carboxylic acids is 1. The highest BCUT2D eigenvalue weighted by atomic mass is 16.4. The molecule has 1 aromatic rings. The highest BCUT2D eigenvalue weighted by Gasteiger charge is 2.22. The second-order valence-corrected chi connectivity index (χ2v) is 5.44. The van der Waals surface area contributed by atoms with Crippen LogP contribution in [0.3, 0.4) is 0 Å². The van der Waals surface area contributed by atoms with Crippen molar-refractivity contribution in [3.8, 4) is 0 Å². The Morgan fingerprint density at radius 3 is 3.00 bits per heavy atom. The van der Waals surface area contributed by atoms with Crippen LogP contribution in [0.1, 0.15) is 31.4 Å². The molecule has 1 fully saturated rings. The molecule has 6 nitrogen and oxygen atoms in total. The predicted molar refractivity (Wildman–Crippen MR) is 78.4 cm³/mol. The van der Waals surface area contributed by atoms with Crippen molar-refractivity contribution in [1.82, 2.24) is 14.7 Å². The van der Waals surface area contributed by atoms with Gasteiger partial charge in [0.15, 0.2) is 0 Å². The van der Waals surface area contributed by atoms with Crippen LogP contribution in [0.5, 0.6) is 0 Å². The molecule has 1 aliphatic heterocycles. The maximum absolute atomic E-state index is 12.2. The van der Waals surface area contributed by atoms with Crippen LogP contribution in [0, 0.1) is 5.92 Å². The van der Waals surface area contributed by atoms with Crippen molar-refractivity contribution in [2.24, 2.45) is 13.0 Å². The van der Waals surface area contributed by atoms with E-state index < -0.39 is 5.97 Å². The van der Waals surface area contributed by atoms with E-state index in [1.807, 2.05) is 18.0 Å². The van der Waals surface area contributed by atoms with Crippen LogP contribution >= 0.6 is 0 Å². The molecular weight excluding hydrogens is 270 g/mol. The summed E-state index contributed by atoms with van der Waals surface area (Å²) in [5.41, 5.74) is 0.878. The third-order valence-electron chi connectivity index (χ3n) is 3.85. The van der Waals surface area contributed by atoms with E-state index in [1.165, 1.54) is 0 Å². The van der Waals surface area contributed by atoms with E-state index in [2.05, 4.69) is 5.10 Å². The Bertz CT molecular complexity index is 536. The Labute approximate surface area is 124 Å². The highest BCUT2D eigenvalue weighted by molar-refractivity contribution is 5.91. The molecule has 0 bridgehead atoms. The second kappa shape index (κ2) is 7.06. The molecule has 0 aliphatic carbocycles. The summed E-state index contributed by atoms with van der Waals surface area (Å²) < 4.78 is 1.70. The molecule has 1 N–H and O–H groups in total. The SMILES string of the molecule is Cn1nccc1C=CC(=O)N1CCCC(CCC(=O)O)C1. The molecule has 6 heteroatoms. The minimum atomic E-state index is -0.769. The molecular formula is C15H21N3O3. The summed E-state index contributed by atoms with van der Waals surface area (Å²) in [5.74, 6) is -0.491. The Balaban J connectivity index is 1.88. The fourth-order valence-electron chi connectivity index (χ4n) is 2.64. The van der Waals surface area contributed by atoms with E-state index in [-0.39, 0.29) is 12.3 Å². The zero-order valence-electron chi connectivity index (χ0n) is 12.2. The monoisotopic (exact) mass is 291 g/mol. The summed E-state index contributed by atoms with van der Waals surface area (Å²) in [6.45, 7) is 1.40. The van der Waals surface area contributed by atoms with Crippen LogP contribution in [-0.2, 0) is 16.6 Å². The number of piperidine rings is 1. The summed E-state index contributed by atoms with van der Waals surface area (Å²) in [4.78, 5) is 24.6. The molecule has 2 heterocycles. The average molecular weight is 291 g/mol. The molecule has 1 unspecified atom stereocenters. The number of carboxylic acid groups (broad SMARTS) is 1. The van der Waals surface area contributed by atoms with E-state index in [9.17, 15) is 9.59 Å². The molecule has 2 rings (SSSR count). The number of rotatable bonds is 5. The fourth-order valence-corrected chi connectivity index (χ4v) is 2.64. The summed E-state index contributed by atoms with van der Waals surface area (Å²) in [7, 11) is 1.83. The number of carbonyl (C=O) groups is 2. The van der Waals surface area contributed by atoms with Gasteiger partial charge in [0.1, 0.15) is 0 Å². The van der Waals surface area contributed by atoms with Crippen LogP contribution < -0.4 is 0 Å². The van der Waals surface area contributed by atoms with Gasteiger partial charge in [0.05, 0.1) is 5.69 Å². The number of hydrogen-bond acceptors (Lipinski definition) is 3. The minimum Gasteiger partial charge on any atom is -0.481 e. The van der Waals surface area contributed by atoms with Gasteiger partial charge in [0.2, 0.25) is 5.91 Å². The third kappa shape index (κ3) is 4.44. The van der Waals surface area contributed by atoms with Gasteiger partial charge >= 0.3 is 5.97 Å². The molecule has 0 radical (unpaired) electrons. The van der Waals surface area contributed by atoms with E-state index in [0.29, 0.717) is 18.9 Å². The summed E-state index contributed by atoms with van der Waals surface area (Å²) in [6.07, 6.45) is 7.78. The molecule has 0 aromatic carbocycles. The van der Waals surface area contributed by atoms with Crippen molar-refractivity contribution in [2.45, 2.75) is 25.7 Å². The quantitative estimate of drug-likeness (QED) is 0.835. The van der Waals surface area contributed by atoms with Gasteiger partial charge in [-0.05, 0) is 37.3 Å². The van der Waals surface area contributed by atoms with Gasteiger partial charge in [-0.3, -0.25) is 14.3 Å². The molecule has 114 valence electrons. The average Bonchev–Trinajstić information content (AvgIpc) is 2.88. The van der Waals surface area contributed by atoms with Crippen LogP contribution in [0.4, 0.5) is 0 Å². The smallest absolute Gasteiger partial charge is 0.303 e. The summed E-state index contributed by atoms with van der Waals surface area (Å²) in [6, 6.07) is 1.84. The van der Waals surface area contributed by atoms with Gasteiger partial charge in [-0.2, -0.15) is 5.10 Å². The topological polar surface area (TPSA) is 75.4 Å². The van der Waals surface area contributed by atoms with E-state index >= 15 is 0 Å². The normalized spacial score (nSPS) is 19.1. The number of aryl methyl sites for hydroxylation is 1. The Morgan fingerprint density at radius 1 is 1.52 bits per heavy atom. The fraction of sp³-hybridized carbons (Fsp3) is 0.533. The van der Waals surface area contributed by atoms with Crippen LogP contribution in [0.2, 0.25) is 0 Å². The summed E-state index contributed by atoms with van der Waals surface area (Å²) >= 11 is 0. The first kappa shape index (κ1) is 15.3. The van der Waals surface area contributed by atoms with Crippen molar-refractivity contribution in [1.29, 1.82) is 0 Å². The molecule has 1 saturated heterocycles. The maximum atomic E-state index is 12.2. The molecule has 1 aliphatic rings. The highest BCUT2D eigenvalue weighted by Crippen LogP contribution is 2.21. The van der Waals surface area contributed by atoms with Gasteiger partial charge in [-0.1, -0.05) is 0 Å². The predicted octanol–water partition coefficient (Wildman–Crippen LogP) is 1.54. The van der Waals surface area contributed by atoms with Gasteiger partial charge in [0, 0.05) is 38.8 Å².